The molecule has 0 saturated carbocycles. The molecule has 0 aromatic carbocycles. The van der Waals surface area contributed by atoms with Gasteiger partial charge in [-0.15, -0.1) is 0 Å². The molecule has 0 aromatic heterocycles. The van der Waals surface area contributed by atoms with Crippen molar-refractivity contribution in [2.45, 2.75) is 322 Å². The van der Waals surface area contributed by atoms with Crippen LogP contribution in [0.4, 0.5) is 0 Å². The summed E-state index contributed by atoms with van der Waals surface area (Å²) < 4.78 is 26.9. The average molecular weight is 868 g/mol. The highest BCUT2D eigenvalue weighted by Crippen LogP contribution is 2.23. The smallest absolute Gasteiger partial charge is 0.168 e. The maximum Gasteiger partial charge on any atom is 0.168 e. The first-order valence-electron chi connectivity index (χ1n) is 28.1. The van der Waals surface area contributed by atoms with Crippen LogP contribution >= 0.6 is 0 Å². The van der Waals surface area contributed by atoms with Crippen LogP contribution in [0, 0.1) is 0 Å². The zero-order valence-electron chi connectivity index (χ0n) is 42.4. The Morgan fingerprint density at radius 3 is 0.767 bits per heavy atom. The summed E-state index contributed by atoms with van der Waals surface area (Å²) >= 11 is 0. The van der Waals surface area contributed by atoms with Gasteiger partial charge in [0.05, 0.1) is 16.8 Å². The fourth-order valence-electron chi connectivity index (χ4n) is 8.71. The van der Waals surface area contributed by atoms with Gasteiger partial charge in [-0.1, -0.05) is 285 Å². The minimum absolute atomic E-state index is 0.139. The van der Waals surface area contributed by atoms with Gasteiger partial charge in [-0.2, -0.15) is 0 Å². The molecule has 1 atom stereocenters. The van der Waals surface area contributed by atoms with Crippen molar-refractivity contribution in [3.05, 3.63) is 0 Å². The van der Waals surface area contributed by atoms with Gasteiger partial charge in [0.25, 0.3) is 0 Å². The van der Waals surface area contributed by atoms with E-state index in [9.17, 15) is 0 Å². The molecule has 0 amide bonds. The van der Waals surface area contributed by atoms with Gasteiger partial charge in [-0.05, 0) is 25.7 Å². The van der Waals surface area contributed by atoms with Crippen molar-refractivity contribution in [2.75, 3.05) is 33.0 Å². The second-order valence-electron chi connectivity index (χ2n) is 19.3. The van der Waals surface area contributed by atoms with Crippen LogP contribution in [-0.4, -0.2) is 54.8 Å². The fraction of sp³-hybridized carbons (Fsp3) is 1.00. The molecule has 362 valence electrons. The Hall–Kier alpha value is 0.0569. The molecule has 0 aliphatic heterocycles. The zero-order chi connectivity index (χ0) is 43.6. The molecule has 0 bridgehead atoms. The summed E-state index contributed by atoms with van der Waals surface area (Å²) in [5.41, 5.74) is -0.633. The summed E-state index contributed by atoms with van der Waals surface area (Å²) in [4.78, 5) is 0. The largest absolute Gasteiger partial charge is 0.379 e. The maximum atomic E-state index is 6.83. The Kier molecular flexibility index (Phi) is 51.7. The molecular formula is C55H114O4Si. The zero-order valence-corrected chi connectivity index (χ0v) is 44.4. The summed E-state index contributed by atoms with van der Waals surface area (Å²) in [5.74, 6) is 0. The van der Waals surface area contributed by atoms with Crippen LogP contribution in [0.1, 0.15) is 310 Å². The van der Waals surface area contributed by atoms with Crippen LogP contribution in [-0.2, 0) is 18.9 Å². The fourth-order valence-corrected chi connectivity index (χ4v) is 9.45. The van der Waals surface area contributed by atoms with Gasteiger partial charge in [0, 0.05) is 26.4 Å². The molecule has 0 aliphatic rings. The van der Waals surface area contributed by atoms with E-state index in [-0.39, 0.29) is 6.10 Å². The Labute approximate surface area is 382 Å². The van der Waals surface area contributed by atoms with Crippen LogP contribution in [0.5, 0.6) is 0 Å². The molecular weight excluding hydrogens is 753 g/mol. The summed E-state index contributed by atoms with van der Waals surface area (Å²) in [6.07, 6.45) is 59.5. The molecule has 60 heavy (non-hydrogen) atoms. The lowest BCUT2D eigenvalue weighted by Crippen LogP contribution is -2.52. The lowest BCUT2D eigenvalue weighted by molar-refractivity contribution is -0.250. The highest BCUT2D eigenvalue weighted by atomic mass is 28.1. The van der Waals surface area contributed by atoms with E-state index < -0.39 is 5.41 Å². The van der Waals surface area contributed by atoms with Crippen LogP contribution in [0.25, 0.3) is 0 Å². The predicted octanol–water partition coefficient (Wildman–Crippen LogP) is 17.7. The van der Waals surface area contributed by atoms with Gasteiger partial charge in [0.15, 0.2) is 5.41 Å². The first kappa shape index (κ1) is 60.1. The molecule has 1 unspecified atom stereocenters. The molecule has 0 heterocycles. The highest BCUT2D eigenvalue weighted by Gasteiger charge is 2.37. The summed E-state index contributed by atoms with van der Waals surface area (Å²) in [7, 11) is 0.786. The van der Waals surface area contributed by atoms with Crippen molar-refractivity contribution in [3.8, 4) is 0 Å². The molecule has 0 radical (unpaired) electrons. The quantitative estimate of drug-likeness (QED) is 0.0347. The van der Waals surface area contributed by atoms with E-state index in [0.717, 1.165) is 62.4 Å². The summed E-state index contributed by atoms with van der Waals surface area (Å²) in [6, 6.07) is 0. The number of ether oxygens (including phenoxy) is 4. The summed E-state index contributed by atoms with van der Waals surface area (Å²) in [6.45, 7) is 13.0. The maximum absolute atomic E-state index is 6.83. The van der Waals surface area contributed by atoms with Crippen LogP contribution < -0.4 is 0 Å². The molecule has 0 rings (SSSR count). The molecule has 4 nitrogen and oxygen atoms in total. The van der Waals surface area contributed by atoms with Crippen LogP contribution in [0.15, 0.2) is 0 Å². The van der Waals surface area contributed by atoms with E-state index >= 15 is 0 Å². The van der Waals surface area contributed by atoms with E-state index in [2.05, 4.69) is 27.7 Å². The number of rotatable bonds is 54. The van der Waals surface area contributed by atoms with Gasteiger partial charge in [-0.3, -0.25) is 0 Å². The third kappa shape index (κ3) is 44.7. The van der Waals surface area contributed by atoms with E-state index in [4.69, 9.17) is 18.9 Å². The normalized spacial score (nSPS) is 12.6. The van der Waals surface area contributed by atoms with Gasteiger partial charge in [0.2, 0.25) is 0 Å². The number of hydrogen-bond acceptors (Lipinski definition) is 4. The average Bonchev–Trinajstić information content (AvgIpc) is 3.25. The highest BCUT2D eigenvalue weighted by molar-refractivity contribution is 6.14. The Balaban J connectivity index is 5.01. The number of hydrogen-bond donors (Lipinski definition) is 0. The van der Waals surface area contributed by atoms with Crippen molar-refractivity contribution in [3.63, 3.8) is 0 Å². The predicted molar refractivity (Wildman–Crippen MR) is 271 cm³/mol. The Bertz CT molecular complexity index is 737. The molecule has 0 saturated heterocycles. The van der Waals surface area contributed by atoms with E-state index in [1.807, 2.05) is 0 Å². The van der Waals surface area contributed by atoms with E-state index in [0.29, 0.717) is 6.61 Å². The minimum Gasteiger partial charge on any atom is -0.379 e. The monoisotopic (exact) mass is 867 g/mol. The second kappa shape index (κ2) is 51.7. The van der Waals surface area contributed by atoms with Gasteiger partial charge >= 0.3 is 0 Å². The number of unbranched alkanes of at least 4 members (excludes halogenated alkanes) is 40. The first-order chi connectivity index (χ1) is 29.6. The van der Waals surface area contributed by atoms with Crippen LogP contribution in [0.2, 0.25) is 0 Å². The van der Waals surface area contributed by atoms with Gasteiger partial charge in [0.1, 0.15) is 6.10 Å². The van der Waals surface area contributed by atoms with Crippen molar-refractivity contribution in [1.29, 1.82) is 0 Å². The van der Waals surface area contributed by atoms with Crippen molar-refractivity contribution >= 4 is 10.2 Å². The molecule has 0 fully saturated rings. The van der Waals surface area contributed by atoms with Gasteiger partial charge < -0.3 is 18.9 Å². The third-order valence-electron chi connectivity index (χ3n) is 13.1. The topological polar surface area (TPSA) is 36.9 Å². The molecule has 0 aliphatic carbocycles. The van der Waals surface area contributed by atoms with Crippen molar-refractivity contribution < 1.29 is 18.9 Å². The SMILES string of the molecule is CCCCCCCCCCCCCOCC(OCCCCCCCCCCCCC)C([SiH3])(OCCCCCCCCCCCCC)OCCCCCCCCCCCCC. The first-order valence-corrected chi connectivity index (χ1v) is 29.1. The Morgan fingerprint density at radius 2 is 0.500 bits per heavy atom. The molecule has 5 heteroatoms. The second-order valence-corrected chi connectivity index (χ2v) is 20.7. The van der Waals surface area contributed by atoms with Crippen molar-refractivity contribution in [2.24, 2.45) is 0 Å². The molecule has 0 N–H and O–H groups in total. The molecule has 0 spiro atoms. The lowest BCUT2D eigenvalue weighted by Gasteiger charge is -2.38. The molecule has 0 aromatic rings. The third-order valence-corrected chi connectivity index (χ3v) is 14.3. The summed E-state index contributed by atoms with van der Waals surface area (Å²) in [5, 5.41) is 0. The lowest BCUT2D eigenvalue weighted by atomic mass is 10.1. The van der Waals surface area contributed by atoms with Crippen LogP contribution in [0.3, 0.4) is 0 Å². The van der Waals surface area contributed by atoms with E-state index in [1.54, 1.807) is 0 Å². The van der Waals surface area contributed by atoms with E-state index in [1.165, 1.54) is 257 Å². The Morgan fingerprint density at radius 1 is 0.283 bits per heavy atom. The van der Waals surface area contributed by atoms with Gasteiger partial charge in [-0.25, -0.2) is 0 Å². The minimum atomic E-state index is -0.633. The standard InChI is InChI=1S/C55H114O4Si/c1-5-9-13-17-21-25-29-33-37-41-45-49-56-53-54(57-50-46-42-38-34-30-26-22-18-14-10-6-2)55(60,58-51-47-43-39-35-31-27-23-19-15-11-7-3)59-52-48-44-40-36-32-28-24-20-16-12-8-4/h54H,5-53H2,1-4,60H3. The van der Waals surface area contributed by atoms with Crippen molar-refractivity contribution in [1.82, 2.24) is 0 Å².